The summed E-state index contributed by atoms with van der Waals surface area (Å²) in [5.41, 5.74) is 0. The summed E-state index contributed by atoms with van der Waals surface area (Å²) in [6.45, 7) is 4.07. The van der Waals surface area contributed by atoms with E-state index in [0.29, 0.717) is 0 Å². The molecule has 0 spiro atoms. The van der Waals surface area contributed by atoms with Gasteiger partial charge in [0, 0.05) is 13.3 Å². The average molecular weight is 167 g/mol. The van der Waals surface area contributed by atoms with Crippen LogP contribution < -0.4 is 0 Å². The van der Waals surface area contributed by atoms with Crippen LogP contribution >= 0.6 is 15.9 Å². The summed E-state index contributed by atoms with van der Waals surface area (Å²) in [6, 6.07) is 0. The van der Waals surface area contributed by atoms with Gasteiger partial charge in [-0.25, -0.2) is 0 Å². The van der Waals surface area contributed by atoms with Crippen LogP contribution in [0.3, 0.4) is 0 Å². The van der Waals surface area contributed by atoms with Crippen molar-refractivity contribution in [3.05, 3.63) is 0 Å². The second-order valence-corrected chi connectivity index (χ2v) is 6.33. The smallest absolute Gasteiger partial charge is 0.0788 e. The highest BCUT2D eigenvalue weighted by molar-refractivity contribution is 7.60. The Morgan fingerprint density at radius 2 is 2.22 bits per heavy atom. The molecule has 1 unspecified atom stereocenters. The highest BCUT2D eigenvalue weighted by Crippen LogP contribution is 2.42. The average Bonchev–Trinajstić information content (AvgIpc) is 1.84. The first-order valence-corrected chi connectivity index (χ1v) is 6.98. The summed E-state index contributed by atoms with van der Waals surface area (Å²) < 4.78 is 5.02. The number of hydrogen-bond acceptors (Lipinski definition) is 2. The van der Waals surface area contributed by atoms with Crippen molar-refractivity contribution in [1.82, 2.24) is 0 Å². The number of nitrogens with one attached hydrogen (secondary N) is 1. The van der Waals surface area contributed by atoms with Crippen LogP contribution in [0, 0.1) is 5.16 Å². The molecule has 4 heteroatoms. The van der Waals surface area contributed by atoms with Crippen molar-refractivity contribution in [3.63, 3.8) is 0 Å². The van der Waals surface area contributed by atoms with E-state index in [1.54, 1.807) is 7.11 Å². The van der Waals surface area contributed by atoms with E-state index in [1.165, 1.54) is 0 Å². The van der Waals surface area contributed by atoms with Crippen LogP contribution in [-0.2, 0) is 4.52 Å². The minimum atomic E-state index is -1.68. The Hall–Kier alpha value is 0.620. The lowest BCUT2D eigenvalue weighted by molar-refractivity contribution is 0.454. The van der Waals surface area contributed by atoms with Crippen LogP contribution in [0.1, 0.15) is 0 Å². The Morgan fingerprint density at radius 1 is 1.67 bits per heavy atom. The van der Waals surface area contributed by atoms with E-state index in [2.05, 4.69) is 6.66 Å². The molecule has 0 aliphatic rings. The lowest BCUT2D eigenvalue weighted by Gasteiger charge is -2.12. The van der Waals surface area contributed by atoms with Gasteiger partial charge in [-0.15, -0.1) is 8.58 Å². The Labute approximate surface area is 59.1 Å². The monoisotopic (exact) mass is 167 g/mol. The van der Waals surface area contributed by atoms with Crippen molar-refractivity contribution < 1.29 is 4.52 Å². The maximum atomic E-state index is 7.57. The Balaban J connectivity index is 3.46. The van der Waals surface area contributed by atoms with E-state index in [4.69, 9.17) is 9.69 Å². The second-order valence-electron chi connectivity index (χ2n) is 2.11. The fourth-order valence-corrected chi connectivity index (χ4v) is 3.20. The highest BCUT2D eigenvalue weighted by Gasteiger charge is 2.05. The molecular weight excluding hydrogens is 152 g/mol. The summed E-state index contributed by atoms with van der Waals surface area (Å²) in [6.07, 6.45) is 2.11. The summed E-state index contributed by atoms with van der Waals surface area (Å²) >= 11 is 0. The van der Waals surface area contributed by atoms with E-state index in [0.717, 1.165) is 20.9 Å². The first kappa shape index (κ1) is 9.62. The molecular formula is C5H15NOP2. The summed E-state index contributed by atoms with van der Waals surface area (Å²) in [4.78, 5) is 0. The summed E-state index contributed by atoms with van der Waals surface area (Å²) in [5, 5.41) is 7.57. The third-order valence-corrected chi connectivity index (χ3v) is 4.25. The Bertz CT molecular complexity index is 116. The van der Waals surface area contributed by atoms with Crippen molar-refractivity contribution in [3.8, 4) is 0 Å². The third kappa shape index (κ3) is 5.08. The van der Waals surface area contributed by atoms with E-state index in [9.17, 15) is 0 Å². The van der Waals surface area contributed by atoms with Crippen LogP contribution in [0.5, 0.6) is 0 Å². The minimum absolute atomic E-state index is 0.957. The molecule has 0 rings (SSSR count). The standard InChI is InChI=1S/C5H15NOP2/c1-7-9(3,6)5-4-8-2/h6,8H,4-5H2,1-3H3/t9-/m0/s1. The third-order valence-electron chi connectivity index (χ3n) is 1.19. The van der Waals surface area contributed by atoms with Gasteiger partial charge in [0.2, 0.25) is 0 Å². The maximum Gasteiger partial charge on any atom is 0.0788 e. The van der Waals surface area contributed by atoms with Crippen LogP contribution in [0.15, 0.2) is 0 Å². The topological polar surface area (TPSA) is 33.1 Å². The SMILES string of the molecule is CO[P@](C)(=N)CCPC. The molecule has 0 amide bonds. The van der Waals surface area contributed by atoms with Crippen molar-refractivity contribution in [1.29, 1.82) is 5.16 Å². The van der Waals surface area contributed by atoms with Crippen molar-refractivity contribution in [2.24, 2.45) is 0 Å². The molecule has 0 saturated carbocycles. The molecule has 56 valence electrons. The van der Waals surface area contributed by atoms with Gasteiger partial charge in [0.25, 0.3) is 0 Å². The van der Waals surface area contributed by atoms with Gasteiger partial charge in [0.05, 0.1) is 7.28 Å². The quantitative estimate of drug-likeness (QED) is 0.640. The first-order chi connectivity index (χ1) is 4.12. The lowest BCUT2D eigenvalue weighted by atomic mass is 11.0. The largest absolute Gasteiger partial charge is 0.348 e. The van der Waals surface area contributed by atoms with Crippen LogP contribution in [0.2, 0.25) is 0 Å². The van der Waals surface area contributed by atoms with Gasteiger partial charge >= 0.3 is 0 Å². The van der Waals surface area contributed by atoms with Crippen molar-refractivity contribution >= 4 is 15.9 Å². The summed E-state index contributed by atoms with van der Waals surface area (Å²) in [5.74, 6) is 0. The molecule has 1 N–H and O–H groups in total. The number of rotatable bonds is 4. The maximum absolute atomic E-state index is 7.57. The molecule has 0 aromatic carbocycles. The molecule has 0 aromatic rings. The van der Waals surface area contributed by atoms with Gasteiger partial charge in [0.15, 0.2) is 0 Å². The van der Waals surface area contributed by atoms with Gasteiger partial charge in [0.1, 0.15) is 0 Å². The molecule has 0 fully saturated rings. The Morgan fingerprint density at radius 3 is 2.56 bits per heavy atom. The second kappa shape index (κ2) is 4.44. The van der Waals surface area contributed by atoms with E-state index < -0.39 is 7.28 Å². The summed E-state index contributed by atoms with van der Waals surface area (Å²) in [7, 11) is 0.918. The highest BCUT2D eigenvalue weighted by atomic mass is 31.2. The minimum Gasteiger partial charge on any atom is -0.348 e. The van der Waals surface area contributed by atoms with Crippen LogP contribution in [-0.4, -0.2) is 32.8 Å². The van der Waals surface area contributed by atoms with Crippen molar-refractivity contribution in [2.75, 3.05) is 32.8 Å². The van der Waals surface area contributed by atoms with Gasteiger partial charge in [-0.05, 0) is 19.5 Å². The molecule has 9 heavy (non-hydrogen) atoms. The molecule has 0 bridgehead atoms. The van der Waals surface area contributed by atoms with E-state index in [1.807, 2.05) is 6.66 Å². The van der Waals surface area contributed by atoms with Crippen LogP contribution in [0.25, 0.3) is 0 Å². The molecule has 0 aromatic heterocycles. The van der Waals surface area contributed by atoms with Gasteiger partial charge in [-0.2, -0.15) is 0 Å². The van der Waals surface area contributed by atoms with Gasteiger partial charge in [-0.3, -0.25) is 5.16 Å². The number of hydrogen-bond donors (Lipinski definition) is 1. The molecule has 0 radical (unpaired) electrons. The van der Waals surface area contributed by atoms with Gasteiger partial charge in [-0.1, -0.05) is 0 Å². The molecule has 0 heterocycles. The fraction of sp³-hybridized carbons (Fsp3) is 1.00. The lowest BCUT2D eigenvalue weighted by Crippen LogP contribution is -1.90. The molecule has 0 aliphatic heterocycles. The fourth-order valence-electron chi connectivity index (χ4n) is 0.416. The van der Waals surface area contributed by atoms with E-state index in [-0.39, 0.29) is 0 Å². The van der Waals surface area contributed by atoms with E-state index >= 15 is 0 Å². The zero-order valence-electron chi connectivity index (χ0n) is 6.27. The van der Waals surface area contributed by atoms with Crippen molar-refractivity contribution in [2.45, 2.75) is 0 Å². The predicted molar refractivity (Wildman–Crippen MR) is 46.5 cm³/mol. The normalized spacial score (nSPS) is 18.6. The Kier molecular flexibility index (Phi) is 4.74. The first-order valence-electron chi connectivity index (χ1n) is 2.93. The molecule has 2 atom stereocenters. The zero-order chi connectivity index (χ0) is 7.33. The van der Waals surface area contributed by atoms with Gasteiger partial charge < -0.3 is 4.52 Å². The molecule has 2 nitrogen and oxygen atoms in total. The molecule has 0 aliphatic carbocycles. The molecule has 0 saturated heterocycles. The predicted octanol–water partition coefficient (Wildman–Crippen LogP) is 2.27. The zero-order valence-corrected chi connectivity index (χ0v) is 8.16. The van der Waals surface area contributed by atoms with Crippen LogP contribution in [0.4, 0.5) is 0 Å².